The molecule has 0 radical (unpaired) electrons. The average Bonchev–Trinajstić information content (AvgIpc) is 2.88. The molecule has 1 heterocycles. The van der Waals surface area contributed by atoms with Gasteiger partial charge < -0.3 is 0 Å². The first-order valence-electron chi connectivity index (χ1n) is 9.30. The van der Waals surface area contributed by atoms with Gasteiger partial charge in [0.05, 0.1) is 28.5 Å². The Morgan fingerprint density at radius 1 is 0.929 bits per heavy atom. The maximum absolute atomic E-state index is 13.3. The van der Waals surface area contributed by atoms with Crippen LogP contribution >= 0.6 is 0 Å². The van der Waals surface area contributed by atoms with Crippen LogP contribution in [0.1, 0.15) is 39.2 Å². The number of hydrogen-bond acceptors (Lipinski definition) is 3. The fraction of sp³-hybridized carbons (Fsp3) is 0.318. The third-order valence-corrected chi connectivity index (χ3v) is 6.98. The molecule has 1 aromatic heterocycles. The van der Waals surface area contributed by atoms with E-state index in [1.807, 2.05) is 82.6 Å². The first-order valence-corrected chi connectivity index (χ1v) is 10.8. The van der Waals surface area contributed by atoms with E-state index in [2.05, 4.69) is 9.82 Å². The lowest BCUT2D eigenvalue weighted by molar-refractivity contribution is 0.599. The third-order valence-electron chi connectivity index (χ3n) is 5.36. The third kappa shape index (κ3) is 3.69. The first kappa shape index (κ1) is 20.1. The van der Waals surface area contributed by atoms with Crippen LogP contribution in [0.3, 0.4) is 0 Å². The van der Waals surface area contributed by atoms with Crippen molar-refractivity contribution >= 4 is 15.7 Å². The number of sulfonamides is 1. The molecule has 2 aromatic carbocycles. The average molecular weight is 398 g/mol. The molecular formula is C22H27N3O2S. The number of nitrogens with one attached hydrogen (secondary N) is 1. The normalized spacial score (nSPS) is 11.6. The van der Waals surface area contributed by atoms with E-state index in [9.17, 15) is 8.42 Å². The second-order valence-electron chi connectivity index (χ2n) is 7.38. The molecule has 0 fully saturated rings. The van der Waals surface area contributed by atoms with Crippen LogP contribution in [0, 0.1) is 41.5 Å². The molecule has 3 rings (SSSR count). The number of nitrogens with zero attached hydrogens (tertiary/aromatic N) is 2. The summed E-state index contributed by atoms with van der Waals surface area (Å²) in [4.78, 5) is 0.361. The van der Waals surface area contributed by atoms with E-state index < -0.39 is 10.0 Å². The van der Waals surface area contributed by atoms with Crippen LogP contribution in [0.5, 0.6) is 0 Å². The summed E-state index contributed by atoms with van der Waals surface area (Å²) in [6, 6.07) is 12.0. The minimum Gasteiger partial charge on any atom is -0.276 e. The molecule has 0 bridgehead atoms. The Labute approximate surface area is 167 Å². The van der Waals surface area contributed by atoms with Gasteiger partial charge in [0.2, 0.25) is 0 Å². The van der Waals surface area contributed by atoms with Crippen molar-refractivity contribution in [2.75, 3.05) is 4.72 Å². The Balaban J connectivity index is 2.01. The standard InChI is InChI=1S/C22H27N3O2S/c1-14-12-15(2)17(4)22(16(14)3)28(26,27)24-21-18(5)23-25(19(21)6)13-20-10-8-7-9-11-20/h7-12,24H,13H2,1-6H3. The fourth-order valence-corrected chi connectivity index (χ4v) is 5.32. The van der Waals surface area contributed by atoms with Crippen molar-refractivity contribution < 1.29 is 8.42 Å². The van der Waals surface area contributed by atoms with Gasteiger partial charge in [0.1, 0.15) is 0 Å². The molecule has 5 nitrogen and oxygen atoms in total. The van der Waals surface area contributed by atoms with Crippen LogP contribution in [-0.4, -0.2) is 18.2 Å². The lowest BCUT2D eigenvalue weighted by Crippen LogP contribution is -2.18. The van der Waals surface area contributed by atoms with Gasteiger partial charge in [-0.2, -0.15) is 5.10 Å². The predicted molar refractivity (Wildman–Crippen MR) is 113 cm³/mol. The zero-order valence-corrected chi connectivity index (χ0v) is 18.1. The topological polar surface area (TPSA) is 64.0 Å². The minimum absolute atomic E-state index is 0.361. The van der Waals surface area contributed by atoms with Crippen molar-refractivity contribution in [3.8, 4) is 0 Å². The molecule has 1 N–H and O–H groups in total. The Morgan fingerprint density at radius 2 is 1.50 bits per heavy atom. The molecule has 0 aliphatic carbocycles. The van der Waals surface area contributed by atoms with E-state index in [1.54, 1.807) is 0 Å². The van der Waals surface area contributed by atoms with Crippen molar-refractivity contribution in [3.05, 3.63) is 75.6 Å². The van der Waals surface area contributed by atoms with E-state index in [4.69, 9.17) is 0 Å². The number of hydrogen-bond donors (Lipinski definition) is 1. The smallest absolute Gasteiger partial charge is 0.262 e. The highest BCUT2D eigenvalue weighted by Gasteiger charge is 2.25. The summed E-state index contributed by atoms with van der Waals surface area (Å²) in [5.74, 6) is 0. The molecule has 0 aliphatic rings. The van der Waals surface area contributed by atoms with E-state index in [1.165, 1.54) is 0 Å². The highest BCUT2D eigenvalue weighted by molar-refractivity contribution is 7.92. The summed E-state index contributed by atoms with van der Waals surface area (Å²) in [6.45, 7) is 11.9. The van der Waals surface area contributed by atoms with Crippen LogP contribution in [0.25, 0.3) is 0 Å². The van der Waals surface area contributed by atoms with Crippen molar-refractivity contribution in [1.82, 2.24) is 9.78 Å². The van der Waals surface area contributed by atoms with Gasteiger partial charge in [0.25, 0.3) is 10.0 Å². The number of aromatic nitrogens is 2. The molecular weight excluding hydrogens is 370 g/mol. The van der Waals surface area contributed by atoms with Gasteiger partial charge in [-0.1, -0.05) is 36.4 Å². The highest BCUT2D eigenvalue weighted by atomic mass is 32.2. The molecule has 0 saturated heterocycles. The van der Waals surface area contributed by atoms with Gasteiger partial charge in [-0.25, -0.2) is 8.42 Å². The van der Waals surface area contributed by atoms with Crippen LogP contribution in [0.4, 0.5) is 5.69 Å². The zero-order valence-electron chi connectivity index (χ0n) is 17.3. The Bertz CT molecular complexity index is 1100. The summed E-state index contributed by atoms with van der Waals surface area (Å²) in [5, 5.41) is 4.55. The van der Waals surface area contributed by atoms with Gasteiger partial charge >= 0.3 is 0 Å². The second-order valence-corrected chi connectivity index (χ2v) is 9.00. The summed E-state index contributed by atoms with van der Waals surface area (Å²) in [6.07, 6.45) is 0. The van der Waals surface area contributed by atoms with Crippen LogP contribution < -0.4 is 4.72 Å². The molecule has 0 spiro atoms. The van der Waals surface area contributed by atoms with E-state index in [0.717, 1.165) is 33.5 Å². The van der Waals surface area contributed by atoms with Gasteiger partial charge in [-0.05, 0) is 69.4 Å². The molecule has 0 atom stereocenters. The first-order chi connectivity index (χ1) is 13.1. The molecule has 0 amide bonds. The summed E-state index contributed by atoms with van der Waals surface area (Å²) >= 11 is 0. The molecule has 148 valence electrons. The zero-order chi connectivity index (χ0) is 20.6. The molecule has 3 aromatic rings. The largest absolute Gasteiger partial charge is 0.276 e. The lowest BCUT2D eigenvalue weighted by atomic mass is 10.0. The summed E-state index contributed by atoms with van der Waals surface area (Å²) in [7, 11) is -3.73. The monoisotopic (exact) mass is 397 g/mol. The highest BCUT2D eigenvalue weighted by Crippen LogP contribution is 2.30. The van der Waals surface area contributed by atoms with Crippen LogP contribution in [0.15, 0.2) is 41.3 Å². The Kier molecular flexibility index (Phi) is 5.35. The van der Waals surface area contributed by atoms with Crippen LogP contribution in [0.2, 0.25) is 0 Å². The van der Waals surface area contributed by atoms with E-state index in [-0.39, 0.29) is 0 Å². The van der Waals surface area contributed by atoms with Gasteiger partial charge in [-0.3, -0.25) is 9.40 Å². The molecule has 28 heavy (non-hydrogen) atoms. The van der Waals surface area contributed by atoms with Crippen molar-refractivity contribution in [2.45, 2.75) is 53.0 Å². The quantitative estimate of drug-likeness (QED) is 0.685. The van der Waals surface area contributed by atoms with Gasteiger partial charge in [0, 0.05) is 0 Å². The molecule has 6 heteroatoms. The second kappa shape index (κ2) is 7.43. The Hall–Kier alpha value is -2.60. The Morgan fingerprint density at radius 3 is 2.07 bits per heavy atom. The molecule has 0 aliphatic heterocycles. The number of aryl methyl sites for hydroxylation is 3. The van der Waals surface area contributed by atoms with Gasteiger partial charge in [-0.15, -0.1) is 0 Å². The summed E-state index contributed by atoms with van der Waals surface area (Å²) in [5.41, 5.74) is 6.62. The van der Waals surface area contributed by atoms with E-state index in [0.29, 0.717) is 22.8 Å². The molecule has 0 saturated carbocycles. The maximum Gasteiger partial charge on any atom is 0.262 e. The minimum atomic E-state index is -3.73. The SMILES string of the molecule is Cc1cc(C)c(C)c(S(=O)(=O)Nc2c(C)nn(Cc3ccccc3)c2C)c1C. The number of benzene rings is 2. The van der Waals surface area contributed by atoms with Gasteiger partial charge in [0.15, 0.2) is 0 Å². The van der Waals surface area contributed by atoms with Crippen molar-refractivity contribution in [2.24, 2.45) is 0 Å². The van der Waals surface area contributed by atoms with Crippen molar-refractivity contribution in [3.63, 3.8) is 0 Å². The summed E-state index contributed by atoms with van der Waals surface area (Å²) < 4.78 is 31.2. The molecule has 0 unspecified atom stereocenters. The maximum atomic E-state index is 13.3. The van der Waals surface area contributed by atoms with Crippen molar-refractivity contribution in [1.29, 1.82) is 0 Å². The predicted octanol–water partition coefficient (Wildman–Crippen LogP) is 4.58. The van der Waals surface area contributed by atoms with E-state index >= 15 is 0 Å². The fourth-order valence-electron chi connectivity index (χ4n) is 3.52. The number of anilines is 1. The van der Waals surface area contributed by atoms with Crippen LogP contribution in [-0.2, 0) is 16.6 Å². The number of rotatable bonds is 5. The lowest BCUT2D eigenvalue weighted by Gasteiger charge is -2.17.